The molecule has 2 N–H and O–H groups in total. The largest absolute Gasteiger partial charge is 0.481 e. The Morgan fingerprint density at radius 1 is 1.08 bits per heavy atom. The molecule has 0 aliphatic heterocycles. The van der Waals surface area contributed by atoms with Gasteiger partial charge in [-0.25, -0.2) is 4.79 Å². The zero-order chi connectivity index (χ0) is 18.4. The van der Waals surface area contributed by atoms with Crippen molar-refractivity contribution in [1.29, 1.82) is 0 Å². The van der Waals surface area contributed by atoms with Gasteiger partial charge in [0.15, 0.2) is 0 Å². The van der Waals surface area contributed by atoms with Gasteiger partial charge in [0.05, 0.1) is 11.5 Å². The van der Waals surface area contributed by atoms with Gasteiger partial charge in [-0.1, -0.05) is 60.2 Å². The number of alkyl carbamates (subject to hydrolysis) is 1. The number of carbonyl (C=O) groups excluding carboxylic acids is 1. The second kappa shape index (κ2) is 7.83. The lowest BCUT2D eigenvalue weighted by Crippen LogP contribution is -2.42. The van der Waals surface area contributed by atoms with Crippen LogP contribution in [-0.2, 0) is 16.1 Å². The Bertz CT molecular complexity index is 723. The molecule has 2 aromatic carbocycles. The van der Waals surface area contributed by atoms with Gasteiger partial charge in [0, 0.05) is 0 Å². The monoisotopic (exact) mass is 341 g/mol. The zero-order valence-corrected chi connectivity index (χ0v) is 14.7. The van der Waals surface area contributed by atoms with Gasteiger partial charge in [-0.15, -0.1) is 0 Å². The zero-order valence-electron chi connectivity index (χ0n) is 14.7. The van der Waals surface area contributed by atoms with E-state index >= 15 is 0 Å². The SMILES string of the molecule is Cc1ccc([C@H](NC(=O)OCc2ccccc2)C(C)(C)C(=O)O)cc1. The van der Waals surface area contributed by atoms with Crippen LogP contribution in [0.1, 0.15) is 36.6 Å². The average molecular weight is 341 g/mol. The lowest BCUT2D eigenvalue weighted by Gasteiger charge is -2.31. The molecule has 1 amide bonds. The Morgan fingerprint density at radius 3 is 2.24 bits per heavy atom. The summed E-state index contributed by atoms with van der Waals surface area (Å²) in [6.45, 7) is 5.23. The first kappa shape index (κ1) is 18.5. The Morgan fingerprint density at radius 2 is 1.68 bits per heavy atom. The molecule has 2 rings (SSSR count). The Hall–Kier alpha value is -2.82. The van der Waals surface area contributed by atoms with Crippen molar-refractivity contribution >= 4 is 12.1 Å². The molecule has 0 unspecified atom stereocenters. The van der Waals surface area contributed by atoms with E-state index in [0.717, 1.165) is 16.7 Å². The number of hydrogen-bond acceptors (Lipinski definition) is 3. The number of rotatable bonds is 6. The van der Waals surface area contributed by atoms with Crippen molar-refractivity contribution in [3.63, 3.8) is 0 Å². The summed E-state index contributed by atoms with van der Waals surface area (Å²) in [7, 11) is 0. The van der Waals surface area contributed by atoms with E-state index in [9.17, 15) is 14.7 Å². The molecule has 5 nitrogen and oxygen atoms in total. The normalized spacial score (nSPS) is 12.3. The lowest BCUT2D eigenvalue weighted by atomic mass is 9.80. The molecule has 0 fully saturated rings. The maximum atomic E-state index is 12.2. The van der Waals surface area contributed by atoms with Crippen LogP contribution in [0, 0.1) is 12.3 Å². The fourth-order valence-electron chi connectivity index (χ4n) is 2.45. The summed E-state index contributed by atoms with van der Waals surface area (Å²) in [6.07, 6.45) is -0.649. The summed E-state index contributed by atoms with van der Waals surface area (Å²) < 4.78 is 5.24. The van der Waals surface area contributed by atoms with Gasteiger partial charge in [0.1, 0.15) is 6.61 Å². The minimum Gasteiger partial charge on any atom is -0.481 e. The number of ether oxygens (including phenoxy) is 1. The molecule has 0 radical (unpaired) electrons. The van der Waals surface area contributed by atoms with Crippen molar-refractivity contribution in [3.8, 4) is 0 Å². The van der Waals surface area contributed by atoms with E-state index in [4.69, 9.17) is 4.74 Å². The predicted molar refractivity (Wildman–Crippen MR) is 95.1 cm³/mol. The maximum absolute atomic E-state index is 12.2. The number of carbonyl (C=O) groups is 2. The van der Waals surface area contributed by atoms with Crippen LogP contribution < -0.4 is 5.32 Å². The topological polar surface area (TPSA) is 75.6 Å². The molecule has 0 bridgehead atoms. The highest BCUT2D eigenvalue weighted by atomic mass is 16.5. The van der Waals surface area contributed by atoms with Crippen LogP contribution in [0.25, 0.3) is 0 Å². The van der Waals surface area contributed by atoms with E-state index in [1.54, 1.807) is 13.8 Å². The minimum atomic E-state index is -1.19. The third-order valence-electron chi connectivity index (χ3n) is 4.16. The van der Waals surface area contributed by atoms with Crippen molar-refractivity contribution in [2.24, 2.45) is 5.41 Å². The fourth-order valence-corrected chi connectivity index (χ4v) is 2.45. The van der Waals surface area contributed by atoms with Gasteiger partial charge in [-0.2, -0.15) is 0 Å². The lowest BCUT2D eigenvalue weighted by molar-refractivity contribution is -0.148. The van der Waals surface area contributed by atoms with Gasteiger partial charge < -0.3 is 15.2 Å². The molecule has 0 aliphatic rings. The number of carboxylic acid groups (broad SMARTS) is 1. The first-order valence-electron chi connectivity index (χ1n) is 8.08. The van der Waals surface area contributed by atoms with Crippen molar-refractivity contribution in [2.75, 3.05) is 0 Å². The van der Waals surface area contributed by atoms with E-state index < -0.39 is 23.5 Å². The van der Waals surface area contributed by atoms with E-state index in [0.29, 0.717) is 0 Å². The summed E-state index contributed by atoms with van der Waals surface area (Å²) in [5.74, 6) is -0.999. The molecule has 0 heterocycles. The number of aryl methyl sites for hydroxylation is 1. The summed E-state index contributed by atoms with van der Waals surface area (Å²) in [5.41, 5.74) is 1.44. The van der Waals surface area contributed by atoms with E-state index in [1.807, 2.05) is 61.5 Å². The highest BCUT2D eigenvalue weighted by molar-refractivity contribution is 5.77. The second-order valence-corrected chi connectivity index (χ2v) is 6.58. The summed E-state index contributed by atoms with van der Waals surface area (Å²) in [6, 6.07) is 16.0. The van der Waals surface area contributed by atoms with Crippen LogP contribution in [-0.4, -0.2) is 17.2 Å². The van der Waals surface area contributed by atoms with Crippen molar-refractivity contribution in [2.45, 2.75) is 33.4 Å². The number of amides is 1. The first-order valence-corrected chi connectivity index (χ1v) is 8.08. The van der Waals surface area contributed by atoms with Crippen LogP contribution in [0.3, 0.4) is 0 Å². The van der Waals surface area contributed by atoms with Crippen LogP contribution >= 0.6 is 0 Å². The van der Waals surface area contributed by atoms with Crippen LogP contribution in [0.5, 0.6) is 0 Å². The van der Waals surface area contributed by atoms with Crippen LogP contribution in [0.15, 0.2) is 54.6 Å². The molecule has 5 heteroatoms. The molecular weight excluding hydrogens is 318 g/mol. The van der Waals surface area contributed by atoms with E-state index in [2.05, 4.69) is 5.32 Å². The molecule has 0 saturated carbocycles. The third kappa shape index (κ3) is 4.83. The summed E-state index contributed by atoms with van der Waals surface area (Å²) in [5, 5.41) is 12.3. The number of carboxylic acids is 1. The molecular formula is C20H23NO4. The summed E-state index contributed by atoms with van der Waals surface area (Å²) >= 11 is 0. The molecule has 132 valence electrons. The van der Waals surface area contributed by atoms with Crippen molar-refractivity contribution in [3.05, 3.63) is 71.3 Å². The van der Waals surface area contributed by atoms with Crippen molar-refractivity contribution < 1.29 is 19.4 Å². The summed E-state index contributed by atoms with van der Waals surface area (Å²) in [4.78, 5) is 23.9. The highest BCUT2D eigenvalue weighted by Gasteiger charge is 2.39. The average Bonchev–Trinajstić information content (AvgIpc) is 2.59. The first-order chi connectivity index (χ1) is 11.8. The molecule has 1 atom stereocenters. The van der Waals surface area contributed by atoms with Gasteiger partial charge in [-0.3, -0.25) is 4.79 Å². The van der Waals surface area contributed by atoms with Gasteiger partial charge >= 0.3 is 12.1 Å². The molecule has 2 aromatic rings. The van der Waals surface area contributed by atoms with E-state index in [-0.39, 0.29) is 6.61 Å². The number of benzene rings is 2. The smallest absolute Gasteiger partial charge is 0.407 e. The molecule has 0 aromatic heterocycles. The second-order valence-electron chi connectivity index (χ2n) is 6.58. The highest BCUT2D eigenvalue weighted by Crippen LogP contribution is 2.34. The van der Waals surface area contributed by atoms with Crippen LogP contribution in [0.4, 0.5) is 4.79 Å². The fraction of sp³-hybridized carbons (Fsp3) is 0.300. The molecule has 0 aliphatic carbocycles. The van der Waals surface area contributed by atoms with Crippen molar-refractivity contribution in [1.82, 2.24) is 5.32 Å². The van der Waals surface area contributed by atoms with Gasteiger partial charge in [0.2, 0.25) is 0 Å². The number of hydrogen-bond donors (Lipinski definition) is 2. The van der Waals surface area contributed by atoms with Crippen LogP contribution in [0.2, 0.25) is 0 Å². The molecule has 25 heavy (non-hydrogen) atoms. The van der Waals surface area contributed by atoms with E-state index in [1.165, 1.54) is 0 Å². The quantitative estimate of drug-likeness (QED) is 0.830. The molecule has 0 spiro atoms. The predicted octanol–water partition coefficient (Wildman–Crippen LogP) is 4.07. The minimum absolute atomic E-state index is 0.126. The van der Waals surface area contributed by atoms with Gasteiger partial charge in [0.25, 0.3) is 0 Å². The number of aliphatic carboxylic acids is 1. The third-order valence-corrected chi connectivity index (χ3v) is 4.16. The Balaban J connectivity index is 2.14. The van der Waals surface area contributed by atoms with Gasteiger partial charge in [-0.05, 0) is 31.9 Å². The molecule has 0 saturated heterocycles. The standard InChI is InChI=1S/C20H23NO4/c1-14-9-11-16(12-10-14)17(20(2,3)18(22)23)21-19(24)25-13-15-7-5-4-6-8-15/h4-12,17H,13H2,1-3H3,(H,21,24)(H,22,23)/t17-/m0/s1. The number of nitrogens with one attached hydrogen (secondary N) is 1. The Kier molecular flexibility index (Phi) is 5.80. The Labute approximate surface area is 147 Å². The maximum Gasteiger partial charge on any atom is 0.407 e.